The molecule has 8 nitrogen and oxygen atoms in total. The summed E-state index contributed by atoms with van der Waals surface area (Å²) in [5.74, 6) is -6.43. The second-order valence-electron chi connectivity index (χ2n) is 10.4. The molecule has 0 spiro atoms. The summed E-state index contributed by atoms with van der Waals surface area (Å²) >= 11 is 6.30. The number of amides is 1. The Hall–Kier alpha value is -2.92. The number of rotatable bonds is 15. The highest BCUT2D eigenvalue weighted by Crippen LogP contribution is 2.45. The van der Waals surface area contributed by atoms with Crippen molar-refractivity contribution in [3.63, 3.8) is 0 Å². The zero-order chi connectivity index (χ0) is 30.8. The van der Waals surface area contributed by atoms with Gasteiger partial charge in [0.1, 0.15) is 4.75 Å². The largest absolute Gasteiger partial charge is 0.458 e. The molecule has 0 aliphatic rings. The van der Waals surface area contributed by atoms with Crippen LogP contribution in [0.1, 0.15) is 52.5 Å². The third-order valence-electron chi connectivity index (χ3n) is 5.79. The van der Waals surface area contributed by atoms with Crippen LogP contribution < -0.4 is 16.8 Å². The van der Waals surface area contributed by atoms with Gasteiger partial charge in [0.05, 0.1) is 9.61 Å². The quantitative estimate of drug-likeness (QED) is 0.0509. The molecule has 0 saturated carbocycles. The first kappa shape index (κ1) is 35.1. The summed E-state index contributed by atoms with van der Waals surface area (Å²) in [7, 11) is 0. The number of benzene rings is 1. The van der Waals surface area contributed by atoms with E-state index in [0.717, 1.165) is 11.8 Å². The molecular formula is C26H35F4N5O3S2. The van der Waals surface area contributed by atoms with E-state index in [9.17, 15) is 27.2 Å². The van der Waals surface area contributed by atoms with Crippen LogP contribution in [0.4, 0.5) is 17.6 Å². The molecule has 2 atom stereocenters. The van der Waals surface area contributed by atoms with Crippen molar-refractivity contribution in [2.45, 2.75) is 69.6 Å². The van der Waals surface area contributed by atoms with E-state index in [1.807, 2.05) is 0 Å². The van der Waals surface area contributed by atoms with Crippen molar-refractivity contribution in [1.82, 2.24) is 5.32 Å². The Bertz CT molecular complexity index is 1110. The highest BCUT2D eigenvalue weighted by molar-refractivity contribution is 8.25. The number of nitrogens with two attached hydrogens (primary N) is 2. The van der Waals surface area contributed by atoms with Gasteiger partial charge in [-0.25, -0.2) is 15.4 Å². The number of esters is 1. The van der Waals surface area contributed by atoms with E-state index in [-0.39, 0.29) is 36.1 Å². The lowest BCUT2D eigenvalue weighted by atomic mass is 9.72. The average Bonchev–Trinajstić information content (AvgIpc) is 2.86. The molecule has 0 fully saturated rings. The summed E-state index contributed by atoms with van der Waals surface area (Å²) in [5.41, 5.74) is 8.69. The lowest BCUT2D eigenvalue weighted by molar-refractivity contribution is -0.181. The van der Waals surface area contributed by atoms with Crippen molar-refractivity contribution in [3.8, 4) is 0 Å². The molecule has 0 aliphatic carbocycles. The first-order valence-electron chi connectivity index (χ1n) is 12.2. The predicted octanol–water partition coefficient (Wildman–Crippen LogP) is 4.56. The van der Waals surface area contributed by atoms with Gasteiger partial charge in [0.25, 0.3) is 0 Å². The number of carbonyl (C=O) groups excluding carboxylic acids is 2. The SMILES string of the molecule is [C-]#[N+]C(C)(C)C[C@](C)(CC(C)(SC(=S)c1ccccc1)C(=O)OCC(F)(F)C(F)F)C(=O)NCCCN=C(N)N. The molecule has 0 heterocycles. The smallest absolute Gasteiger partial charge is 0.340 e. The first-order chi connectivity index (χ1) is 18.4. The number of nitrogens with zero attached hydrogens (tertiary/aromatic N) is 2. The van der Waals surface area contributed by atoms with Gasteiger partial charge in [0, 0.05) is 33.4 Å². The number of nitrogens with one attached hydrogen (secondary N) is 1. The van der Waals surface area contributed by atoms with Gasteiger partial charge in [-0.3, -0.25) is 14.6 Å². The van der Waals surface area contributed by atoms with Gasteiger partial charge in [0.2, 0.25) is 11.4 Å². The van der Waals surface area contributed by atoms with Crippen LogP contribution in [0.2, 0.25) is 0 Å². The number of hydrogen-bond acceptors (Lipinski definition) is 6. The number of carbonyl (C=O) groups is 2. The highest BCUT2D eigenvalue weighted by atomic mass is 32.2. The lowest BCUT2D eigenvalue weighted by Gasteiger charge is -2.38. The fourth-order valence-corrected chi connectivity index (χ4v) is 5.91. The number of guanidine groups is 1. The van der Waals surface area contributed by atoms with Gasteiger partial charge < -0.3 is 26.4 Å². The second kappa shape index (κ2) is 14.6. The Morgan fingerprint density at radius 2 is 1.75 bits per heavy atom. The molecule has 0 aromatic heterocycles. The van der Waals surface area contributed by atoms with E-state index in [2.05, 4.69) is 15.2 Å². The highest BCUT2D eigenvalue weighted by Gasteiger charge is 2.51. The van der Waals surface area contributed by atoms with E-state index in [1.165, 1.54) is 13.8 Å². The molecular weight excluding hydrogens is 570 g/mol. The van der Waals surface area contributed by atoms with Gasteiger partial charge >= 0.3 is 18.3 Å². The number of thioether (sulfide) groups is 1. The molecule has 0 radical (unpaired) electrons. The molecule has 1 aromatic carbocycles. The summed E-state index contributed by atoms with van der Waals surface area (Å²) < 4.78 is 55.9. The molecule has 14 heteroatoms. The van der Waals surface area contributed by atoms with Gasteiger partial charge in [0.15, 0.2) is 12.6 Å². The van der Waals surface area contributed by atoms with Crippen molar-refractivity contribution < 1.29 is 31.9 Å². The van der Waals surface area contributed by atoms with Gasteiger partial charge in [-0.2, -0.15) is 8.78 Å². The van der Waals surface area contributed by atoms with E-state index in [4.69, 9.17) is 35.0 Å². The third-order valence-corrected chi connectivity index (χ3v) is 7.46. The minimum atomic E-state index is -4.57. The van der Waals surface area contributed by atoms with Crippen molar-refractivity contribution >= 4 is 46.0 Å². The fraction of sp³-hybridized carbons (Fsp3) is 0.577. The van der Waals surface area contributed by atoms with Crippen LogP contribution in [0.3, 0.4) is 0 Å². The van der Waals surface area contributed by atoms with Gasteiger partial charge in [-0.15, -0.1) is 0 Å². The fourth-order valence-electron chi connectivity index (χ4n) is 4.03. The normalized spacial score (nSPS) is 14.8. The maximum atomic E-state index is 13.6. The van der Waals surface area contributed by atoms with Crippen molar-refractivity contribution in [2.75, 3.05) is 19.7 Å². The minimum absolute atomic E-state index is 0.0298. The first-order valence-corrected chi connectivity index (χ1v) is 13.4. The Balaban J connectivity index is 3.40. The van der Waals surface area contributed by atoms with E-state index in [0.29, 0.717) is 12.0 Å². The Morgan fingerprint density at radius 3 is 2.27 bits per heavy atom. The molecule has 1 unspecified atom stereocenters. The maximum absolute atomic E-state index is 13.6. The maximum Gasteiger partial charge on any atom is 0.340 e. The molecule has 40 heavy (non-hydrogen) atoms. The third kappa shape index (κ3) is 10.9. The molecule has 0 bridgehead atoms. The number of aliphatic imine (C=N–C) groups is 1. The summed E-state index contributed by atoms with van der Waals surface area (Å²) in [6.45, 7) is 12.2. The van der Waals surface area contributed by atoms with Gasteiger partial charge in [-0.05, 0) is 25.3 Å². The summed E-state index contributed by atoms with van der Waals surface area (Å²) in [5, 5.41) is 2.76. The monoisotopic (exact) mass is 605 g/mol. The molecule has 222 valence electrons. The lowest BCUT2D eigenvalue weighted by Crippen LogP contribution is -2.50. The number of thiocarbonyl (C=S) groups is 1. The standard InChI is InChI=1S/C26H35F4N5O3S2/c1-23(2,33-5)14-24(3,20(36)34-12-9-13-35-22(31)32)15-25(4,21(37)38-16-26(29,30)19(27)28)40-18(39)17-10-7-6-8-11-17/h6-8,10-11,19H,9,12-16H2,1-4H3,(H,34,36)(H4,31,32,35)/t24-,25?/m1/s1. The topological polar surface area (TPSA) is 124 Å². The summed E-state index contributed by atoms with van der Waals surface area (Å²) in [6, 6.07) is 8.52. The number of hydrogen-bond donors (Lipinski definition) is 3. The molecule has 1 rings (SSSR count). The zero-order valence-corrected chi connectivity index (χ0v) is 24.4. The Labute approximate surface area is 241 Å². The van der Waals surface area contributed by atoms with Crippen LogP contribution >= 0.6 is 24.0 Å². The predicted molar refractivity (Wildman–Crippen MR) is 152 cm³/mol. The van der Waals surface area contributed by atoms with Gasteiger partial charge in [-0.1, -0.05) is 61.2 Å². The minimum Gasteiger partial charge on any atom is -0.458 e. The average molecular weight is 606 g/mol. The molecule has 0 saturated heterocycles. The van der Waals surface area contributed by atoms with Crippen molar-refractivity contribution in [3.05, 3.63) is 47.3 Å². The second-order valence-corrected chi connectivity index (χ2v) is 12.6. The van der Waals surface area contributed by atoms with Crippen LogP contribution in [-0.4, -0.2) is 64.4 Å². The van der Waals surface area contributed by atoms with Crippen LogP contribution in [0, 0.1) is 12.0 Å². The van der Waals surface area contributed by atoms with Crippen molar-refractivity contribution in [1.29, 1.82) is 0 Å². The Morgan fingerprint density at radius 1 is 1.15 bits per heavy atom. The molecule has 1 amide bonds. The zero-order valence-electron chi connectivity index (χ0n) is 22.8. The van der Waals surface area contributed by atoms with Crippen LogP contribution in [0.25, 0.3) is 4.85 Å². The van der Waals surface area contributed by atoms with Crippen LogP contribution in [0.15, 0.2) is 35.3 Å². The molecule has 1 aromatic rings. The van der Waals surface area contributed by atoms with Crippen molar-refractivity contribution in [2.24, 2.45) is 21.9 Å². The number of ether oxygens (including phenoxy) is 1. The number of alkyl halides is 4. The Kier molecular flexibility index (Phi) is 12.8. The molecule has 5 N–H and O–H groups in total. The van der Waals surface area contributed by atoms with E-state index in [1.54, 1.807) is 44.2 Å². The van der Waals surface area contributed by atoms with E-state index >= 15 is 0 Å². The van der Waals surface area contributed by atoms with Crippen LogP contribution in [-0.2, 0) is 14.3 Å². The summed E-state index contributed by atoms with van der Waals surface area (Å²) in [6.07, 6.45) is -3.99. The molecule has 0 aliphatic heterocycles. The number of halogens is 4. The summed E-state index contributed by atoms with van der Waals surface area (Å²) in [4.78, 5) is 34.2. The van der Waals surface area contributed by atoms with Crippen LogP contribution in [0.5, 0.6) is 0 Å². The van der Waals surface area contributed by atoms with E-state index < -0.39 is 46.5 Å².